The molecule has 4 aliphatic heterocycles. The van der Waals surface area contributed by atoms with Crippen LogP contribution in [0.15, 0.2) is 0 Å². The molecule has 12 amide bonds. The Morgan fingerprint density at radius 2 is 1.15 bits per heavy atom. The van der Waals surface area contributed by atoms with Crippen molar-refractivity contribution < 1.29 is 57.5 Å². The van der Waals surface area contributed by atoms with Gasteiger partial charge in [-0.15, -0.1) is 23.2 Å². The van der Waals surface area contributed by atoms with Crippen molar-refractivity contribution in [2.24, 2.45) is 29.6 Å². The third-order valence-corrected chi connectivity index (χ3v) is 23.9. The van der Waals surface area contributed by atoms with Crippen LogP contribution in [0.5, 0.6) is 0 Å². The van der Waals surface area contributed by atoms with Gasteiger partial charge in [-0.05, 0) is 139 Å². The van der Waals surface area contributed by atoms with Crippen LogP contribution in [-0.2, 0) is 57.5 Å². The Kier molecular flexibility index (Phi) is 29.4. The summed E-state index contributed by atoms with van der Waals surface area (Å²) < 4.78 is 0. The van der Waals surface area contributed by atoms with Crippen LogP contribution in [-0.4, -0.2) is 261 Å². The zero-order valence-electron chi connectivity index (χ0n) is 61.0. The molecule has 0 bridgehead atoms. The molecule has 0 aromatic rings. The van der Waals surface area contributed by atoms with Gasteiger partial charge >= 0.3 is 0 Å². The van der Waals surface area contributed by atoms with Gasteiger partial charge in [0, 0.05) is 73.8 Å². The number of likely N-dealkylation sites (N-methyl/N-ethyl adjacent to an activating group) is 6. The van der Waals surface area contributed by atoms with E-state index in [1.165, 1.54) is 74.4 Å². The molecular formula is C72H118Cl2N12O12. The molecule has 0 aromatic carbocycles. The molecule has 0 aromatic heterocycles. The second-order valence-corrected chi connectivity index (χ2v) is 31.9. The number of halogens is 2. The lowest BCUT2D eigenvalue weighted by Crippen LogP contribution is -2.65. The molecule has 4 saturated heterocycles. The average molecular weight is 1410 g/mol. The zero-order chi connectivity index (χ0) is 72.0. The van der Waals surface area contributed by atoms with Crippen molar-refractivity contribution in [1.29, 1.82) is 0 Å². The highest BCUT2D eigenvalue weighted by Gasteiger charge is 2.51. The highest BCUT2D eigenvalue weighted by Crippen LogP contribution is 2.37. The maximum absolute atomic E-state index is 15.5. The molecule has 98 heavy (non-hydrogen) atoms. The molecule has 0 radical (unpaired) electrons. The van der Waals surface area contributed by atoms with Gasteiger partial charge in [-0.1, -0.05) is 92.9 Å². The number of nitrogens with zero attached hydrogens (tertiary/aromatic N) is 9. The Morgan fingerprint density at radius 3 is 1.79 bits per heavy atom. The van der Waals surface area contributed by atoms with E-state index >= 15 is 33.6 Å². The van der Waals surface area contributed by atoms with E-state index in [1.54, 1.807) is 25.8 Å². The number of rotatable bonds is 11. The number of fused-ring (bicyclic) bond motifs is 2. The lowest BCUT2D eigenvalue weighted by atomic mass is 9.84. The SMILES string of the molecule is CC[C@H](C)[C@@H]1NC(=O)[C@H](CC(C)C)N(C)C(=O)C[C@@H](C(=O)N2CCCCC2)N(C)C(=O)[C@H](C(C)C)N(C)C(=O)C2(CCCC2)NC(=O)[C@@H]2CCCN2C(=O)[C@H](CCC2CCC(Cl)C(Cl)C2)NC(=O)CN(C)C(=O)[C@H](CC2CCCCC2)N(C)C(=O)[C@@H]2CCCCN2C(=O)CN(C)C1=O. The molecule has 26 heteroatoms. The Balaban J connectivity index is 1.28. The van der Waals surface area contributed by atoms with Crippen LogP contribution in [0, 0.1) is 29.6 Å². The molecule has 4 heterocycles. The summed E-state index contributed by atoms with van der Waals surface area (Å²) in [6, 6.07) is -9.06. The van der Waals surface area contributed by atoms with Gasteiger partial charge in [0.25, 0.3) is 0 Å². The van der Waals surface area contributed by atoms with Crippen LogP contribution < -0.4 is 16.0 Å². The summed E-state index contributed by atoms with van der Waals surface area (Å²) in [6.07, 6.45) is 13.9. The van der Waals surface area contributed by atoms with Gasteiger partial charge in [0.05, 0.1) is 24.9 Å². The first-order chi connectivity index (χ1) is 46.4. The van der Waals surface area contributed by atoms with Crippen LogP contribution >= 0.6 is 23.2 Å². The summed E-state index contributed by atoms with van der Waals surface area (Å²) in [5.74, 6) is -7.53. The smallest absolute Gasteiger partial charge is 0.248 e. The average Bonchev–Trinajstić information content (AvgIpc) is 1.81. The molecule has 7 rings (SSSR count). The Labute approximate surface area is 593 Å². The van der Waals surface area contributed by atoms with Gasteiger partial charge < -0.3 is 60.0 Å². The molecule has 24 nitrogen and oxygen atoms in total. The van der Waals surface area contributed by atoms with Crippen molar-refractivity contribution in [3.8, 4) is 0 Å². The van der Waals surface area contributed by atoms with E-state index in [1.807, 2.05) is 27.7 Å². The molecule has 3 N–H and O–H groups in total. The fourth-order valence-corrected chi connectivity index (χ4v) is 17.1. The predicted octanol–water partition coefficient (Wildman–Crippen LogP) is 5.91. The van der Waals surface area contributed by atoms with Crippen molar-refractivity contribution in [2.75, 3.05) is 81.6 Å². The van der Waals surface area contributed by atoms with Gasteiger partial charge in [-0.3, -0.25) is 57.5 Å². The summed E-state index contributed by atoms with van der Waals surface area (Å²) in [5, 5.41) is 8.58. The molecule has 7 aliphatic rings. The molecule has 3 aliphatic carbocycles. The van der Waals surface area contributed by atoms with Crippen LogP contribution in [0.1, 0.15) is 208 Å². The highest BCUT2D eigenvalue weighted by atomic mass is 35.5. The lowest BCUT2D eigenvalue weighted by molar-refractivity contribution is -0.156. The first kappa shape index (κ1) is 79.5. The van der Waals surface area contributed by atoms with E-state index < -0.39 is 156 Å². The van der Waals surface area contributed by atoms with Gasteiger partial charge in [-0.25, -0.2) is 0 Å². The number of alkyl halides is 2. The minimum atomic E-state index is -1.49. The standard InChI is InChI=1S/C72H118Cl2N12O12/c1-13-47(6)61-69(96)79(8)44-60(89)85-37-23-18-27-54(85)67(94)81(10)56(41-48-25-16-14-17-26-48)66(93)78(7)43-58(87)75-52(32-30-49-29-31-50(73)51(74)40-49)65(92)86-38-24-28-53(86)64(91)77-72(33-19-20-34-72)71(98)83(12)62(46(4)5)70(97)82(11)57(68(95)84-35-21-15-22-36-84)42-59(88)80(9)55(39-45(2)3)63(90)76-61/h45-57,61-62H,13-44H2,1-12H3,(H,75,87)(H,76,90)(H,77,91)/t47-,49?,50?,51?,52-,53-,54-,55-,56-,57-,61-,62-/m0/s1. The van der Waals surface area contributed by atoms with E-state index in [0.29, 0.717) is 96.6 Å². The number of amides is 12. The number of carbonyl (C=O) groups excluding carboxylic acids is 12. The maximum atomic E-state index is 15.5. The lowest BCUT2D eigenvalue weighted by Gasteiger charge is -2.42. The molecule has 3 saturated carbocycles. The molecule has 3 unspecified atom stereocenters. The molecule has 12 atom stereocenters. The summed E-state index contributed by atoms with van der Waals surface area (Å²) in [4.78, 5) is 193. The number of carbonyl (C=O) groups is 12. The van der Waals surface area contributed by atoms with Crippen LogP contribution in [0.4, 0.5) is 0 Å². The summed E-state index contributed by atoms with van der Waals surface area (Å²) in [6.45, 7) is 11.3. The fraction of sp³-hybridized carbons (Fsp3) is 0.833. The predicted molar refractivity (Wildman–Crippen MR) is 375 cm³/mol. The zero-order valence-corrected chi connectivity index (χ0v) is 62.5. The van der Waals surface area contributed by atoms with Crippen molar-refractivity contribution in [1.82, 2.24) is 60.0 Å². The van der Waals surface area contributed by atoms with E-state index in [2.05, 4.69) is 16.0 Å². The maximum Gasteiger partial charge on any atom is 0.248 e. The number of hydrogen-bond donors (Lipinski definition) is 3. The number of hydrogen-bond acceptors (Lipinski definition) is 12. The number of likely N-dealkylation sites (tertiary alicyclic amines) is 1. The normalized spacial score (nSPS) is 30.7. The van der Waals surface area contributed by atoms with Gasteiger partial charge in [-0.2, -0.15) is 0 Å². The summed E-state index contributed by atoms with van der Waals surface area (Å²) in [7, 11) is 8.97. The Bertz CT molecular complexity index is 2830. The first-order valence-electron chi connectivity index (χ1n) is 37.1. The second-order valence-electron chi connectivity index (χ2n) is 30.8. The van der Waals surface area contributed by atoms with E-state index in [0.717, 1.165) is 44.9 Å². The molecule has 552 valence electrons. The minimum Gasteiger partial charge on any atom is -0.343 e. The van der Waals surface area contributed by atoms with E-state index in [-0.39, 0.29) is 73.7 Å². The number of piperidine rings is 2. The van der Waals surface area contributed by atoms with Crippen LogP contribution in [0.3, 0.4) is 0 Å². The van der Waals surface area contributed by atoms with Crippen molar-refractivity contribution >= 4 is 94.1 Å². The largest absolute Gasteiger partial charge is 0.343 e. The summed E-state index contributed by atoms with van der Waals surface area (Å²) in [5.41, 5.74) is -1.49. The van der Waals surface area contributed by atoms with E-state index in [9.17, 15) is 24.0 Å². The highest BCUT2D eigenvalue weighted by molar-refractivity contribution is 6.30. The third-order valence-electron chi connectivity index (χ3n) is 22.8. The topological polar surface area (TPSA) is 270 Å². The van der Waals surface area contributed by atoms with Crippen molar-refractivity contribution in [3.05, 3.63) is 0 Å². The van der Waals surface area contributed by atoms with Gasteiger partial charge in [0.15, 0.2) is 0 Å². The summed E-state index contributed by atoms with van der Waals surface area (Å²) >= 11 is 13.3. The molecule has 1 spiro atoms. The minimum absolute atomic E-state index is 0.0827. The van der Waals surface area contributed by atoms with Crippen LogP contribution in [0.2, 0.25) is 0 Å². The fourth-order valence-electron chi connectivity index (χ4n) is 16.5. The third kappa shape index (κ3) is 19.6. The monoisotopic (exact) mass is 1410 g/mol. The van der Waals surface area contributed by atoms with Crippen LogP contribution in [0.25, 0.3) is 0 Å². The Morgan fingerprint density at radius 1 is 0.541 bits per heavy atom. The number of nitrogens with one attached hydrogen (secondary N) is 3. The van der Waals surface area contributed by atoms with Gasteiger partial charge in [0.2, 0.25) is 70.9 Å². The molecular weight excluding hydrogens is 1300 g/mol. The quantitative estimate of drug-likeness (QED) is 0.204. The Hall–Kier alpha value is -5.78. The second kappa shape index (κ2) is 36.2. The van der Waals surface area contributed by atoms with Crippen molar-refractivity contribution in [3.63, 3.8) is 0 Å². The van der Waals surface area contributed by atoms with Crippen molar-refractivity contribution in [2.45, 2.75) is 273 Å². The first-order valence-corrected chi connectivity index (χ1v) is 37.9. The molecule has 7 fully saturated rings. The van der Waals surface area contributed by atoms with Gasteiger partial charge in [0.1, 0.15) is 53.9 Å². The van der Waals surface area contributed by atoms with E-state index in [4.69, 9.17) is 23.2 Å².